The number of amides is 1. The van der Waals surface area contributed by atoms with E-state index in [-0.39, 0.29) is 29.9 Å². The molecule has 19 nitrogen and oxygen atoms in total. The number of thiazole rings is 2. The van der Waals surface area contributed by atoms with E-state index in [0.29, 0.717) is 104 Å². The maximum Gasteiger partial charge on any atom is 0.217 e. The topological polar surface area (TPSA) is 234 Å². The Morgan fingerprint density at radius 3 is 1.43 bits per heavy atom. The molecule has 10 rings (SSSR count). The first kappa shape index (κ1) is 53.0. The zero-order valence-electron chi connectivity index (χ0n) is 41.5. The van der Waals surface area contributed by atoms with Crippen molar-refractivity contribution in [1.29, 1.82) is 5.26 Å². The fourth-order valence-corrected chi connectivity index (χ4v) is 12.7. The maximum atomic E-state index is 13.4. The van der Waals surface area contributed by atoms with E-state index in [9.17, 15) is 35.7 Å². The SMILES string of the molecule is CN(c1nc(-c2ccc(F)cc2)cs1)c1c(CCC#N)nc2ccc(C3CCN(S(C)(=O)=O)CC3)nn12.CN(c1nc(-c2ccc(F)cc2)cs1)c1c(CCC(N)=O)nc2ccc(C3CCN(S(C)(=O)=O)CC3)nn12. The Labute approximate surface area is 441 Å². The van der Waals surface area contributed by atoms with Crippen molar-refractivity contribution in [2.24, 2.45) is 5.73 Å². The molecule has 392 valence electrons. The Hall–Kier alpha value is -6.82. The second-order valence-corrected chi connectivity index (χ2v) is 24.1. The molecule has 0 saturated carbocycles. The smallest absolute Gasteiger partial charge is 0.217 e. The van der Waals surface area contributed by atoms with E-state index in [1.807, 2.05) is 58.9 Å². The number of sulfonamides is 2. The standard InChI is InChI=1S/C25H28FN7O3S2.C25H26FN7O2S2/c1-31(25-29-21(15-37-25)16-3-5-18(26)6-4-16)24-20(7-9-22(27)34)28-23-10-8-19(30-33(23)24)17-11-13-32(14-12-17)38(2,35)36;1-31(25-29-22(16-36-25)17-5-7-19(26)8-6-17)24-21(4-3-13-27)28-23-10-9-20(30-33(23)24)18-11-14-32(15-12-18)37(2,34)35/h3-6,8,10,15,17H,7,9,11-14H2,1-2H3,(H2,27,34);5-10,16,18H,3-4,11-12,14-15H2,1-2H3. The number of nitrogens with two attached hydrogens (primary N) is 1. The van der Waals surface area contributed by atoms with Gasteiger partial charge in [-0.25, -0.2) is 54.2 Å². The largest absolute Gasteiger partial charge is 0.370 e. The molecule has 2 saturated heterocycles. The van der Waals surface area contributed by atoms with Crippen molar-refractivity contribution in [3.8, 4) is 28.6 Å². The van der Waals surface area contributed by atoms with Gasteiger partial charge in [0.15, 0.2) is 33.2 Å². The number of imidazole rings is 2. The molecule has 0 bridgehead atoms. The first-order chi connectivity index (χ1) is 35.8. The van der Waals surface area contributed by atoms with Gasteiger partial charge in [-0.3, -0.25) is 4.79 Å². The molecule has 8 aromatic rings. The van der Waals surface area contributed by atoms with Gasteiger partial charge in [0, 0.05) is 99.7 Å². The number of carbonyl (C=O) groups is 1. The van der Waals surface area contributed by atoms with Crippen molar-refractivity contribution in [1.82, 2.24) is 47.8 Å². The van der Waals surface area contributed by atoms with Crippen molar-refractivity contribution >= 4 is 81.8 Å². The van der Waals surface area contributed by atoms with Crippen LogP contribution in [0.3, 0.4) is 0 Å². The number of rotatable bonds is 15. The van der Waals surface area contributed by atoms with Crippen LogP contribution in [0.5, 0.6) is 0 Å². The number of nitriles is 1. The molecule has 0 aliphatic carbocycles. The van der Waals surface area contributed by atoms with Crippen LogP contribution in [0.25, 0.3) is 33.8 Å². The Morgan fingerprint density at radius 2 is 1.05 bits per heavy atom. The molecule has 2 N–H and O–H groups in total. The minimum atomic E-state index is -3.22. The van der Waals surface area contributed by atoms with E-state index in [1.165, 1.54) is 68.1 Å². The molecular formula is C50H54F2N14O5S4. The van der Waals surface area contributed by atoms with E-state index < -0.39 is 26.0 Å². The van der Waals surface area contributed by atoms with E-state index in [0.717, 1.165) is 45.4 Å². The summed E-state index contributed by atoms with van der Waals surface area (Å²) in [6.07, 6.45) is 6.49. The highest BCUT2D eigenvalue weighted by atomic mass is 32.2. The Bertz CT molecular complexity index is 3620. The van der Waals surface area contributed by atoms with Gasteiger partial charge in [-0.1, -0.05) is 0 Å². The van der Waals surface area contributed by atoms with Gasteiger partial charge in [0.25, 0.3) is 0 Å². The minimum Gasteiger partial charge on any atom is -0.370 e. The number of piperidine rings is 2. The number of primary amides is 1. The van der Waals surface area contributed by atoms with Crippen LogP contribution in [-0.4, -0.2) is 123 Å². The van der Waals surface area contributed by atoms with Gasteiger partial charge in [-0.2, -0.15) is 24.5 Å². The summed E-state index contributed by atoms with van der Waals surface area (Å²) < 4.78 is 80.9. The normalized spacial score (nSPS) is 15.2. The Kier molecular flexibility index (Phi) is 15.7. The molecular weight excluding hydrogens is 1040 g/mol. The molecule has 2 aliphatic heterocycles. The van der Waals surface area contributed by atoms with E-state index >= 15 is 0 Å². The highest BCUT2D eigenvalue weighted by Gasteiger charge is 2.30. The van der Waals surface area contributed by atoms with Crippen LogP contribution in [0.15, 0.2) is 83.6 Å². The number of aromatic nitrogens is 8. The van der Waals surface area contributed by atoms with Crippen LogP contribution in [0, 0.1) is 23.0 Å². The second kappa shape index (κ2) is 22.2. The zero-order chi connectivity index (χ0) is 53.2. The third-order valence-corrected chi connectivity index (χ3v) is 17.8. The summed E-state index contributed by atoms with van der Waals surface area (Å²) in [5, 5.41) is 24.3. The first-order valence-corrected chi connectivity index (χ1v) is 29.5. The molecule has 0 atom stereocenters. The molecule has 75 heavy (non-hydrogen) atoms. The van der Waals surface area contributed by atoms with Crippen LogP contribution in [0.2, 0.25) is 0 Å². The summed E-state index contributed by atoms with van der Waals surface area (Å²) in [5.74, 6) is 0.627. The number of nitrogens with zero attached hydrogens (tertiary/aromatic N) is 13. The number of benzene rings is 2. The first-order valence-electron chi connectivity index (χ1n) is 24.1. The number of hydrogen-bond acceptors (Lipinski definition) is 16. The fourth-order valence-electron chi connectivity index (χ4n) is 9.31. The fraction of sp³-hybridized carbons (Fsp3) is 0.360. The van der Waals surface area contributed by atoms with Gasteiger partial charge in [-0.15, -0.1) is 22.7 Å². The predicted molar refractivity (Wildman–Crippen MR) is 285 cm³/mol. The average Bonchev–Trinajstić information content (AvgIpc) is 4.23. The molecule has 6 aromatic heterocycles. The van der Waals surface area contributed by atoms with Crippen LogP contribution < -0.4 is 15.5 Å². The molecule has 0 spiro atoms. The monoisotopic (exact) mass is 1100 g/mol. The summed E-state index contributed by atoms with van der Waals surface area (Å²) in [5.41, 5.74) is 13.0. The van der Waals surface area contributed by atoms with Gasteiger partial charge in [0.2, 0.25) is 26.0 Å². The lowest BCUT2D eigenvalue weighted by molar-refractivity contribution is -0.118. The van der Waals surface area contributed by atoms with Gasteiger partial charge in [-0.05, 0) is 98.5 Å². The third-order valence-electron chi connectivity index (χ3n) is 13.3. The molecule has 1 amide bonds. The number of carbonyl (C=O) groups excluding carboxylic acids is 1. The molecule has 0 unspecified atom stereocenters. The zero-order valence-corrected chi connectivity index (χ0v) is 44.8. The van der Waals surface area contributed by atoms with Crippen molar-refractivity contribution in [2.75, 3.05) is 62.6 Å². The van der Waals surface area contributed by atoms with Crippen molar-refractivity contribution in [3.63, 3.8) is 0 Å². The molecule has 2 aliphatic rings. The molecule has 8 heterocycles. The quantitative estimate of drug-likeness (QED) is 0.104. The Morgan fingerprint density at radius 1 is 0.653 bits per heavy atom. The highest BCUT2D eigenvalue weighted by Crippen LogP contribution is 2.37. The highest BCUT2D eigenvalue weighted by molar-refractivity contribution is 7.88. The maximum absolute atomic E-state index is 13.4. The lowest BCUT2D eigenvalue weighted by Crippen LogP contribution is -2.37. The Balaban J connectivity index is 0.000000184. The van der Waals surface area contributed by atoms with Crippen LogP contribution >= 0.6 is 22.7 Å². The van der Waals surface area contributed by atoms with Gasteiger partial charge in [0.05, 0.1) is 52.7 Å². The summed E-state index contributed by atoms with van der Waals surface area (Å²) in [6, 6.07) is 22.3. The number of anilines is 4. The number of fused-ring (bicyclic) bond motifs is 2. The van der Waals surface area contributed by atoms with Crippen molar-refractivity contribution in [3.05, 3.63) is 118 Å². The number of halogens is 2. The van der Waals surface area contributed by atoms with Crippen LogP contribution in [0.1, 0.15) is 73.1 Å². The van der Waals surface area contributed by atoms with Gasteiger partial charge >= 0.3 is 0 Å². The summed E-state index contributed by atoms with van der Waals surface area (Å²) in [4.78, 5) is 34.4. The summed E-state index contributed by atoms with van der Waals surface area (Å²) in [7, 11) is -2.66. The number of aryl methyl sites for hydroxylation is 2. The van der Waals surface area contributed by atoms with Crippen LogP contribution in [-0.2, 0) is 37.7 Å². The predicted octanol–water partition coefficient (Wildman–Crippen LogP) is 7.67. The minimum absolute atomic E-state index is 0.108. The van der Waals surface area contributed by atoms with Gasteiger partial charge < -0.3 is 15.5 Å². The summed E-state index contributed by atoms with van der Waals surface area (Å²) >= 11 is 2.89. The second-order valence-electron chi connectivity index (χ2n) is 18.5. The summed E-state index contributed by atoms with van der Waals surface area (Å²) in [6.45, 7) is 1.85. The van der Waals surface area contributed by atoms with Gasteiger partial charge in [0.1, 0.15) is 11.6 Å². The van der Waals surface area contributed by atoms with E-state index in [4.69, 9.17) is 35.9 Å². The van der Waals surface area contributed by atoms with Crippen molar-refractivity contribution < 1.29 is 30.4 Å². The third kappa shape index (κ3) is 12.0. The van der Waals surface area contributed by atoms with Crippen molar-refractivity contribution in [2.45, 2.75) is 63.2 Å². The molecule has 2 fully saturated rings. The molecule has 0 radical (unpaired) electrons. The van der Waals surface area contributed by atoms with Crippen LogP contribution in [0.4, 0.5) is 30.7 Å². The molecule has 25 heteroatoms. The lowest BCUT2D eigenvalue weighted by atomic mass is 9.94. The molecule has 2 aromatic carbocycles. The van der Waals surface area contributed by atoms with E-state index in [2.05, 4.69) is 6.07 Å². The number of hydrogen-bond donors (Lipinski definition) is 1. The lowest BCUT2D eigenvalue weighted by Gasteiger charge is -2.29. The van der Waals surface area contributed by atoms with E-state index in [1.54, 1.807) is 33.3 Å². The average molecular weight is 1100 g/mol.